The van der Waals surface area contributed by atoms with Crippen molar-refractivity contribution in [1.82, 2.24) is 0 Å². The van der Waals surface area contributed by atoms with Gasteiger partial charge in [0.05, 0.1) is 19.1 Å². The molecule has 15 heavy (non-hydrogen) atoms. The molecular formula is C11H11ClO3. The minimum Gasteiger partial charge on any atom is -0.348 e. The van der Waals surface area contributed by atoms with Crippen molar-refractivity contribution in [2.45, 2.75) is 6.29 Å². The molecule has 0 spiro atoms. The maximum Gasteiger partial charge on any atom is 0.229 e. The molecule has 80 valence electrons. The molecule has 1 aromatic rings. The van der Waals surface area contributed by atoms with Gasteiger partial charge >= 0.3 is 0 Å². The lowest BCUT2D eigenvalue weighted by Gasteiger charge is -2.27. The number of carbonyl (C=O) groups is 1. The van der Waals surface area contributed by atoms with Crippen LogP contribution < -0.4 is 0 Å². The number of ether oxygens (including phenoxy) is 2. The van der Waals surface area contributed by atoms with E-state index in [1.165, 1.54) is 0 Å². The number of hydrogen-bond donors (Lipinski definition) is 0. The molecule has 3 nitrogen and oxygen atoms in total. The summed E-state index contributed by atoms with van der Waals surface area (Å²) in [5.74, 6) is -0.341. The standard InChI is InChI=1S/C11H11ClO3/c12-10(13)9-6-14-11(15-7-9)8-4-2-1-3-5-8/h1-5,9,11H,6-7H2. The molecule has 1 aromatic carbocycles. The molecule has 0 unspecified atom stereocenters. The number of hydrogen-bond acceptors (Lipinski definition) is 3. The third-order valence-electron chi connectivity index (χ3n) is 2.29. The summed E-state index contributed by atoms with van der Waals surface area (Å²) < 4.78 is 10.8. The van der Waals surface area contributed by atoms with Crippen molar-refractivity contribution in [1.29, 1.82) is 0 Å². The molecule has 0 bridgehead atoms. The first kappa shape index (κ1) is 10.6. The second-order valence-electron chi connectivity index (χ2n) is 3.41. The molecular weight excluding hydrogens is 216 g/mol. The van der Waals surface area contributed by atoms with Crippen LogP contribution in [-0.4, -0.2) is 18.5 Å². The highest BCUT2D eigenvalue weighted by Gasteiger charge is 2.27. The topological polar surface area (TPSA) is 35.5 Å². The molecule has 0 saturated carbocycles. The first-order chi connectivity index (χ1) is 7.27. The first-order valence-corrected chi connectivity index (χ1v) is 5.12. The monoisotopic (exact) mass is 226 g/mol. The Morgan fingerprint density at radius 3 is 2.33 bits per heavy atom. The predicted octanol–water partition coefficient (Wildman–Crippen LogP) is 2.11. The van der Waals surface area contributed by atoms with Gasteiger partial charge in [0, 0.05) is 5.56 Å². The molecule has 0 amide bonds. The maximum atomic E-state index is 10.8. The molecule has 0 aliphatic carbocycles. The first-order valence-electron chi connectivity index (χ1n) is 4.75. The molecule has 4 heteroatoms. The Labute approximate surface area is 92.9 Å². The number of rotatable bonds is 2. The molecule has 1 saturated heterocycles. The van der Waals surface area contributed by atoms with Gasteiger partial charge in [0.15, 0.2) is 6.29 Å². The minimum atomic E-state index is -0.401. The lowest BCUT2D eigenvalue weighted by atomic mass is 10.1. The minimum absolute atomic E-state index is 0.321. The van der Waals surface area contributed by atoms with Crippen molar-refractivity contribution in [3.05, 3.63) is 35.9 Å². The Hall–Kier alpha value is -0.900. The zero-order valence-electron chi connectivity index (χ0n) is 8.06. The van der Waals surface area contributed by atoms with E-state index in [2.05, 4.69) is 0 Å². The molecule has 1 aliphatic heterocycles. The van der Waals surface area contributed by atoms with Gasteiger partial charge in [-0.05, 0) is 11.6 Å². The van der Waals surface area contributed by atoms with Crippen LogP contribution in [0, 0.1) is 5.92 Å². The Morgan fingerprint density at radius 1 is 1.20 bits per heavy atom. The molecule has 1 heterocycles. The summed E-state index contributed by atoms with van der Waals surface area (Å²) in [7, 11) is 0. The molecule has 1 aliphatic rings. The summed E-state index contributed by atoms with van der Waals surface area (Å²) in [6.45, 7) is 0.643. The lowest BCUT2D eigenvalue weighted by Crippen LogP contribution is -2.30. The van der Waals surface area contributed by atoms with Crippen LogP contribution in [0.3, 0.4) is 0 Å². The Bertz CT molecular complexity index is 331. The summed E-state index contributed by atoms with van der Waals surface area (Å²) in [6.07, 6.45) is -0.376. The van der Waals surface area contributed by atoms with Gasteiger partial charge in [0.25, 0.3) is 0 Å². The fourth-order valence-corrected chi connectivity index (χ4v) is 1.56. The summed E-state index contributed by atoms with van der Waals surface area (Å²) in [6, 6.07) is 9.61. The summed E-state index contributed by atoms with van der Waals surface area (Å²) in [4.78, 5) is 10.8. The van der Waals surface area contributed by atoms with Crippen molar-refractivity contribution < 1.29 is 14.3 Å². The summed E-state index contributed by atoms with van der Waals surface area (Å²) in [5.41, 5.74) is 0.956. The summed E-state index contributed by atoms with van der Waals surface area (Å²) >= 11 is 5.35. The molecule has 1 fully saturated rings. The van der Waals surface area contributed by atoms with E-state index in [1.54, 1.807) is 0 Å². The van der Waals surface area contributed by atoms with Crippen molar-refractivity contribution in [3.63, 3.8) is 0 Å². The lowest BCUT2D eigenvalue weighted by molar-refractivity contribution is -0.202. The van der Waals surface area contributed by atoms with E-state index >= 15 is 0 Å². The van der Waals surface area contributed by atoms with Gasteiger partial charge in [-0.2, -0.15) is 0 Å². The molecule has 0 N–H and O–H groups in total. The smallest absolute Gasteiger partial charge is 0.229 e. The van der Waals surface area contributed by atoms with E-state index in [4.69, 9.17) is 21.1 Å². The van der Waals surface area contributed by atoms with Crippen LogP contribution in [0.2, 0.25) is 0 Å². The highest BCUT2D eigenvalue weighted by molar-refractivity contribution is 6.64. The third-order valence-corrected chi connectivity index (χ3v) is 2.60. The second-order valence-corrected chi connectivity index (χ2v) is 3.78. The van der Waals surface area contributed by atoms with Gasteiger partial charge < -0.3 is 9.47 Å². The van der Waals surface area contributed by atoms with Gasteiger partial charge in [-0.25, -0.2) is 0 Å². The van der Waals surface area contributed by atoms with Gasteiger partial charge in [-0.15, -0.1) is 0 Å². The highest BCUT2D eigenvalue weighted by Crippen LogP contribution is 2.25. The van der Waals surface area contributed by atoms with Gasteiger partial charge in [0.2, 0.25) is 5.24 Å². The second kappa shape index (κ2) is 4.75. The van der Waals surface area contributed by atoms with E-state index in [9.17, 15) is 4.79 Å². The maximum absolute atomic E-state index is 10.8. The van der Waals surface area contributed by atoms with Crippen molar-refractivity contribution >= 4 is 16.8 Å². The van der Waals surface area contributed by atoms with Crippen LogP contribution in [-0.2, 0) is 14.3 Å². The highest BCUT2D eigenvalue weighted by atomic mass is 35.5. The van der Waals surface area contributed by atoms with Gasteiger partial charge in [-0.1, -0.05) is 30.3 Å². The van der Waals surface area contributed by atoms with Crippen LogP contribution in [0.5, 0.6) is 0 Å². The van der Waals surface area contributed by atoms with Gasteiger partial charge in [-0.3, -0.25) is 4.79 Å². The van der Waals surface area contributed by atoms with E-state index in [1.807, 2.05) is 30.3 Å². The van der Waals surface area contributed by atoms with E-state index in [0.29, 0.717) is 13.2 Å². The Kier molecular flexibility index (Phi) is 3.36. The van der Waals surface area contributed by atoms with Crippen LogP contribution in [0.4, 0.5) is 0 Å². The quantitative estimate of drug-likeness (QED) is 0.725. The van der Waals surface area contributed by atoms with Gasteiger partial charge in [0.1, 0.15) is 0 Å². The zero-order valence-corrected chi connectivity index (χ0v) is 8.81. The van der Waals surface area contributed by atoms with Crippen molar-refractivity contribution in [2.75, 3.05) is 13.2 Å². The van der Waals surface area contributed by atoms with E-state index < -0.39 is 5.24 Å². The molecule has 2 rings (SSSR count). The predicted molar refractivity (Wildman–Crippen MR) is 55.4 cm³/mol. The third kappa shape index (κ3) is 2.56. The fourth-order valence-electron chi connectivity index (χ4n) is 1.44. The number of carbonyl (C=O) groups excluding carboxylic acids is 1. The largest absolute Gasteiger partial charge is 0.348 e. The average Bonchev–Trinajstić information content (AvgIpc) is 2.30. The van der Waals surface area contributed by atoms with Crippen molar-refractivity contribution in [2.24, 2.45) is 5.92 Å². The van der Waals surface area contributed by atoms with E-state index in [-0.39, 0.29) is 12.2 Å². The fraction of sp³-hybridized carbons (Fsp3) is 0.364. The van der Waals surface area contributed by atoms with Crippen LogP contribution in [0.15, 0.2) is 30.3 Å². The van der Waals surface area contributed by atoms with Crippen molar-refractivity contribution in [3.8, 4) is 0 Å². The molecule has 0 aromatic heterocycles. The normalized spacial score (nSPS) is 26.2. The Balaban J connectivity index is 1.97. The average molecular weight is 227 g/mol. The zero-order chi connectivity index (χ0) is 10.7. The SMILES string of the molecule is O=C(Cl)C1COC(c2ccccc2)OC1. The van der Waals surface area contributed by atoms with E-state index in [0.717, 1.165) is 5.56 Å². The Morgan fingerprint density at radius 2 is 1.80 bits per heavy atom. The number of halogens is 1. The van der Waals surface area contributed by atoms with Crippen LogP contribution in [0.25, 0.3) is 0 Å². The molecule has 0 radical (unpaired) electrons. The van der Waals surface area contributed by atoms with Crippen LogP contribution >= 0.6 is 11.6 Å². The van der Waals surface area contributed by atoms with Crippen LogP contribution in [0.1, 0.15) is 11.9 Å². The molecule has 0 atom stereocenters. The summed E-state index contributed by atoms with van der Waals surface area (Å²) in [5, 5.41) is -0.401. The number of benzene rings is 1.